The van der Waals surface area contributed by atoms with Crippen LogP contribution < -0.4 is 0 Å². The summed E-state index contributed by atoms with van der Waals surface area (Å²) in [7, 11) is -6.12. The fourth-order valence-corrected chi connectivity index (χ4v) is 1.50. The highest BCUT2D eigenvalue weighted by Gasteiger charge is 2.63. The van der Waals surface area contributed by atoms with Crippen molar-refractivity contribution in [1.82, 2.24) is 0 Å². The SMILES string of the molecule is CC.O=S(=O)(O)C(CC(F)(F)C(F)(F)F)C(F)(F)F. The lowest BCUT2D eigenvalue weighted by molar-refractivity contribution is -0.290. The quantitative estimate of drug-likeness (QED) is 0.639. The minimum absolute atomic E-state index is 2.00. The minimum atomic E-state index is -6.35. The van der Waals surface area contributed by atoms with Crippen LogP contribution in [-0.4, -0.2) is 36.5 Å². The summed E-state index contributed by atoms with van der Waals surface area (Å²) in [5.74, 6) is -5.89. The van der Waals surface area contributed by atoms with E-state index in [0.717, 1.165) is 0 Å². The summed E-state index contributed by atoms with van der Waals surface area (Å²) >= 11 is 0. The lowest BCUT2D eigenvalue weighted by Gasteiger charge is -2.24. The van der Waals surface area contributed by atoms with Gasteiger partial charge in [0.1, 0.15) is 0 Å². The number of halogens is 8. The molecular weight excluding hydrogens is 316 g/mol. The Balaban J connectivity index is 0. The molecule has 0 aliphatic heterocycles. The molecule has 0 spiro atoms. The summed E-state index contributed by atoms with van der Waals surface area (Å²) in [6.45, 7) is 4.00. The highest BCUT2D eigenvalue weighted by molar-refractivity contribution is 7.86. The van der Waals surface area contributed by atoms with Crippen molar-refractivity contribution in [2.45, 2.75) is 43.8 Å². The van der Waals surface area contributed by atoms with Crippen molar-refractivity contribution >= 4 is 10.1 Å². The van der Waals surface area contributed by atoms with Crippen LogP contribution in [-0.2, 0) is 10.1 Å². The number of hydrogen-bond donors (Lipinski definition) is 1. The molecule has 1 atom stereocenters. The molecule has 0 aromatic rings. The van der Waals surface area contributed by atoms with E-state index in [1.54, 1.807) is 0 Å². The largest absolute Gasteiger partial charge is 0.453 e. The van der Waals surface area contributed by atoms with Crippen LogP contribution in [0.2, 0.25) is 0 Å². The molecule has 0 aliphatic rings. The normalized spacial score (nSPS) is 15.5. The summed E-state index contributed by atoms with van der Waals surface area (Å²) in [6.07, 6.45) is -15.4. The van der Waals surface area contributed by atoms with Gasteiger partial charge in [-0.15, -0.1) is 0 Å². The Morgan fingerprint density at radius 1 is 0.947 bits per heavy atom. The molecule has 0 rings (SSSR count). The number of rotatable bonds is 3. The van der Waals surface area contributed by atoms with E-state index in [9.17, 15) is 43.5 Å². The molecule has 0 aromatic carbocycles. The molecule has 0 amide bonds. The van der Waals surface area contributed by atoms with Gasteiger partial charge in [0.05, 0.1) is 0 Å². The second-order valence-corrected chi connectivity index (χ2v) is 4.55. The van der Waals surface area contributed by atoms with E-state index >= 15 is 0 Å². The average Bonchev–Trinajstić information content (AvgIpc) is 2.12. The van der Waals surface area contributed by atoms with Crippen molar-refractivity contribution in [3.05, 3.63) is 0 Å². The molecule has 1 N–H and O–H groups in total. The molecule has 19 heavy (non-hydrogen) atoms. The summed E-state index contributed by atoms with van der Waals surface area (Å²) in [5.41, 5.74) is 0. The third-order valence-electron chi connectivity index (χ3n) is 1.58. The van der Waals surface area contributed by atoms with Crippen molar-refractivity contribution in [2.75, 3.05) is 0 Å². The fraction of sp³-hybridized carbons (Fsp3) is 1.00. The summed E-state index contributed by atoms with van der Waals surface area (Å²) in [4.78, 5) is 0. The standard InChI is InChI=1S/C5H4F8O3S.C2H6/c6-3(7,5(11,12)13)1-2(4(8,9)10)17(14,15)16;1-2/h2H,1H2,(H,14,15,16);1-2H3. The molecule has 0 saturated heterocycles. The van der Waals surface area contributed by atoms with Gasteiger partial charge in [0.15, 0.2) is 5.25 Å². The molecule has 118 valence electrons. The van der Waals surface area contributed by atoms with Crippen LogP contribution in [0.5, 0.6) is 0 Å². The Morgan fingerprint density at radius 3 is 1.42 bits per heavy atom. The van der Waals surface area contributed by atoms with Gasteiger partial charge in [0.25, 0.3) is 10.1 Å². The van der Waals surface area contributed by atoms with Crippen LogP contribution in [0.25, 0.3) is 0 Å². The highest BCUT2D eigenvalue weighted by Crippen LogP contribution is 2.42. The summed E-state index contributed by atoms with van der Waals surface area (Å²) < 4.78 is 123. The van der Waals surface area contributed by atoms with Gasteiger partial charge in [-0.2, -0.15) is 43.5 Å². The fourth-order valence-electron chi connectivity index (χ4n) is 0.738. The average molecular weight is 326 g/mol. The first-order valence-electron chi connectivity index (χ1n) is 4.56. The Kier molecular flexibility index (Phi) is 6.74. The maximum atomic E-state index is 12.2. The summed E-state index contributed by atoms with van der Waals surface area (Å²) in [5, 5.41) is -4.20. The lowest BCUT2D eigenvalue weighted by atomic mass is 10.1. The molecule has 0 fully saturated rings. The molecule has 3 nitrogen and oxygen atoms in total. The zero-order valence-electron chi connectivity index (χ0n) is 9.48. The van der Waals surface area contributed by atoms with Crippen molar-refractivity contribution in [3.8, 4) is 0 Å². The third kappa shape index (κ3) is 6.36. The van der Waals surface area contributed by atoms with Gasteiger partial charge >= 0.3 is 18.3 Å². The van der Waals surface area contributed by atoms with E-state index in [1.807, 2.05) is 13.8 Å². The molecule has 0 aromatic heterocycles. The molecule has 0 radical (unpaired) electrons. The monoisotopic (exact) mass is 326 g/mol. The van der Waals surface area contributed by atoms with E-state index in [0.29, 0.717) is 0 Å². The van der Waals surface area contributed by atoms with Crippen LogP contribution in [0.3, 0.4) is 0 Å². The van der Waals surface area contributed by atoms with Crippen molar-refractivity contribution in [2.24, 2.45) is 0 Å². The third-order valence-corrected chi connectivity index (χ3v) is 2.73. The van der Waals surface area contributed by atoms with E-state index in [2.05, 4.69) is 0 Å². The first kappa shape index (κ1) is 20.7. The zero-order valence-corrected chi connectivity index (χ0v) is 10.3. The molecule has 0 bridgehead atoms. The van der Waals surface area contributed by atoms with Gasteiger partial charge in [-0.3, -0.25) is 4.55 Å². The van der Waals surface area contributed by atoms with Crippen LogP contribution >= 0.6 is 0 Å². The highest BCUT2D eigenvalue weighted by atomic mass is 32.2. The Bertz CT molecular complexity index is 369. The smallest absolute Gasteiger partial charge is 0.285 e. The number of alkyl halides is 8. The molecule has 0 saturated carbocycles. The maximum absolute atomic E-state index is 12.2. The molecule has 0 aliphatic carbocycles. The van der Waals surface area contributed by atoms with Gasteiger partial charge in [0, 0.05) is 6.42 Å². The van der Waals surface area contributed by atoms with Gasteiger partial charge in [-0.25, -0.2) is 0 Å². The van der Waals surface area contributed by atoms with Crippen molar-refractivity contribution < 1.29 is 48.1 Å². The molecule has 0 heterocycles. The Labute approximate surface area is 103 Å². The van der Waals surface area contributed by atoms with Crippen LogP contribution in [0.1, 0.15) is 20.3 Å². The zero-order chi connectivity index (χ0) is 16.3. The van der Waals surface area contributed by atoms with Gasteiger partial charge in [-0.1, -0.05) is 13.8 Å². The van der Waals surface area contributed by atoms with E-state index in [1.165, 1.54) is 0 Å². The maximum Gasteiger partial charge on any atom is 0.453 e. The van der Waals surface area contributed by atoms with E-state index in [4.69, 9.17) is 4.55 Å². The topological polar surface area (TPSA) is 54.4 Å². The van der Waals surface area contributed by atoms with Gasteiger partial charge < -0.3 is 0 Å². The van der Waals surface area contributed by atoms with Gasteiger partial charge in [-0.05, 0) is 0 Å². The second kappa shape index (κ2) is 6.20. The minimum Gasteiger partial charge on any atom is -0.285 e. The molecule has 12 heteroatoms. The Hall–Kier alpha value is -0.650. The van der Waals surface area contributed by atoms with E-state index < -0.39 is 40.1 Å². The van der Waals surface area contributed by atoms with Crippen LogP contribution in [0.4, 0.5) is 35.1 Å². The summed E-state index contributed by atoms with van der Waals surface area (Å²) in [6, 6.07) is 0. The first-order chi connectivity index (χ1) is 8.09. The van der Waals surface area contributed by atoms with E-state index in [-0.39, 0.29) is 0 Å². The van der Waals surface area contributed by atoms with Crippen LogP contribution in [0, 0.1) is 0 Å². The lowest BCUT2D eigenvalue weighted by Crippen LogP contribution is -2.46. The van der Waals surface area contributed by atoms with Crippen molar-refractivity contribution in [3.63, 3.8) is 0 Å². The number of hydrogen-bond acceptors (Lipinski definition) is 2. The van der Waals surface area contributed by atoms with Crippen molar-refractivity contribution in [1.29, 1.82) is 0 Å². The van der Waals surface area contributed by atoms with Crippen LogP contribution in [0.15, 0.2) is 0 Å². The first-order valence-corrected chi connectivity index (χ1v) is 6.07. The Morgan fingerprint density at radius 2 is 1.26 bits per heavy atom. The predicted octanol–water partition coefficient (Wildman–Crippen LogP) is 3.42. The molecule has 1 unspecified atom stereocenters. The van der Waals surface area contributed by atoms with Gasteiger partial charge in [0.2, 0.25) is 0 Å². The predicted molar refractivity (Wildman–Crippen MR) is 48.4 cm³/mol. The molecular formula is C7H10F8O3S. The second-order valence-electron chi connectivity index (χ2n) is 2.95.